The van der Waals surface area contributed by atoms with Gasteiger partial charge in [0.1, 0.15) is 18.1 Å². The fraction of sp³-hybridized carbons (Fsp3) is 0.500. The summed E-state index contributed by atoms with van der Waals surface area (Å²) in [5.74, 6) is 1.22. The Hall–Kier alpha value is -2.70. The van der Waals surface area contributed by atoms with Crippen LogP contribution in [-0.4, -0.2) is 39.0 Å². The first-order valence-corrected chi connectivity index (χ1v) is 9.64. The smallest absolute Gasteiger partial charge is 0.322 e. The summed E-state index contributed by atoms with van der Waals surface area (Å²) in [4.78, 5) is 14.7. The minimum atomic E-state index is -0.149. The Kier molecular flexibility index (Phi) is 4.92. The number of rotatable bonds is 2. The number of nitrogens with zero attached hydrogens (tertiary/aromatic N) is 3. The molecule has 0 unspecified atom stereocenters. The number of amides is 2. The summed E-state index contributed by atoms with van der Waals surface area (Å²) in [7, 11) is 1.89. The molecule has 1 aromatic carbocycles. The molecule has 0 saturated heterocycles. The molecule has 1 aliphatic heterocycles. The first kappa shape index (κ1) is 17.7. The van der Waals surface area contributed by atoms with Crippen LogP contribution in [0.25, 0.3) is 0 Å². The maximum Gasteiger partial charge on any atom is 0.322 e. The lowest BCUT2D eigenvalue weighted by Gasteiger charge is -2.23. The maximum atomic E-state index is 12.9. The van der Waals surface area contributed by atoms with Crippen molar-refractivity contribution < 1.29 is 14.6 Å². The van der Waals surface area contributed by atoms with E-state index < -0.39 is 0 Å². The molecule has 2 amide bonds. The number of nitrogens with one attached hydrogen (secondary N) is 1. The largest absolute Gasteiger partial charge is 0.508 e. The number of carbonyl (C=O) groups excluding carboxylic acids is 1. The molecule has 2 N–H and O–H groups in total. The number of aryl methyl sites for hydroxylation is 1. The number of carbonyl (C=O) groups is 1. The Morgan fingerprint density at radius 2 is 2.11 bits per heavy atom. The molecule has 1 fully saturated rings. The molecule has 0 radical (unpaired) electrons. The van der Waals surface area contributed by atoms with Gasteiger partial charge in [-0.1, -0.05) is 19.3 Å². The highest BCUT2D eigenvalue weighted by Crippen LogP contribution is 2.35. The van der Waals surface area contributed by atoms with Gasteiger partial charge in [-0.05, 0) is 25.0 Å². The van der Waals surface area contributed by atoms with Crippen molar-refractivity contribution in [3.8, 4) is 11.5 Å². The summed E-state index contributed by atoms with van der Waals surface area (Å²) >= 11 is 0. The van der Waals surface area contributed by atoms with Gasteiger partial charge in [-0.25, -0.2) is 4.79 Å². The van der Waals surface area contributed by atoms with E-state index in [-0.39, 0.29) is 11.8 Å². The topological polar surface area (TPSA) is 79.6 Å². The molecule has 1 aliphatic carbocycles. The molecule has 1 aromatic heterocycles. The minimum absolute atomic E-state index is 0.149. The zero-order valence-corrected chi connectivity index (χ0v) is 15.6. The van der Waals surface area contributed by atoms with Gasteiger partial charge in [0.05, 0.1) is 24.5 Å². The highest BCUT2D eigenvalue weighted by molar-refractivity contribution is 5.90. The Labute approximate surface area is 158 Å². The summed E-state index contributed by atoms with van der Waals surface area (Å²) < 4.78 is 7.47. The number of hydrogen-bond donors (Lipinski definition) is 2. The number of aromatic nitrogens is 2. The predicted molar refractivity (Wildman–Crippen MR) is 102 cm³/mol. The Morgan fingerprint density at radius 3 is 2.93 bits per heavy atom. The molecule has 7 heteroatoms. The van der Waals surface area contributed by atoms with Gasteiger partial charge < -0.3 is 20.1 Å². The van der Waals surface area contributed by atoms with Crippen molar-refractivity contribution in [3.05, 3.63) is 35.7 Å². The predicted octanol–water partition coefficient (Wildman–Crippen LogP) is 3.60. The Morgan fingerprint density at radius 1 is 1.30 bits per heavy atom. The molecular formula is C20H26N4O3. The number of benzene rings is 1. The molecule has 7 nitrogen and oxygen atoms in total. The molecule has 2 heterocycles. The molecule has 27 heavy (non-hydrogen) atoms. The number of fused-ring (bicyclic) bond motifs is 1. The third-order valence-electron chi connectivity index (χ3n) is 5.41. The van der Waals surface area contributed by atoms with Crippen LogP contribution in [0.3, 0.4) is 0 Å². The van der Waals surface area contributed by atoms with Crippen LogP contribution in [0.5, 0.6) is 11.5 Å². The van der Waals surface area contributed by atoms with Gasteiger partial charge in [0, 0.05) is 30.8 Å². The molecule has 144 valence electrons. The van der Waals surface area contributed by atoms with Crippen LogP contribution in [0.2, 0.25) is 0 Å². The van der Waals surface area contributed by atoms with Crippen LogP contribution < -0.4 is 10.1 Å². The lowest BCUT2D eigenvalue weighted by molar-refractivity contribution is 0.200. The number of anilines is 1. The van der Waals surface area contributed by atoms with Gasteiger partial charge in [-0.3, -0.25) is 4.68 Å². The van der Waals surface area contributed by atoms with Gasteiger partial charge in [-0.15, -0.1) is 0 Å². The number of ether oxygens (including phenoxy) is 1. The summed E-state index contributed by atoms with van der Waals surface area (Å²) in [6, 6.07) is 4.86. The fourth-order valence-corrected chi connectivity index (χ4v) is 4.01. The average molecular weight is 370 g/mol. The van der Waals surface area contributed by atoms with E-state index in [1.54, 1.807) is 27.8 Å². The molecule has 0 spiro atoms. The van der Waals surface area contributed by atoms with E-state index in [0.717, 1.165) is 29.8 Å². The average Bonchev–Trinajstić information content (AvgIpc) is 2.90. The fourth-order valence-electron chi connectivity index (χ4n) is 4.01. The number of urea groups is 1. The highest BCUT2D eigenvalue weighted by Gasteiger charge is 2.25. The number of aromatic hydroxyl groups is 1. The van der Waals surface area contributed by atoms with Crippen LogP contribution in [-0.2, 0) is 13.6 Å². The van der Waals surface area contributed by atoms with Crippen molar-refractivity contribution in [1.29, 1.82) is 0 Å². The molecular weight excluding hydrogens is 344 g/mol. The maximum absolute atomic E-state index is 12.9. The lowest BCUT2D eigenvalue weighted by Crippen LogP contribution is -2.36. The Bertz CT molecular complexity index is 827. The van der Waals surface area contributed by atoms with Crippen LogP contribution in [0.1, 0.15) is 49.3 Å². The second-order valence-corrected chi connectivity index (χ2v) is 7.43. The molecule has 0 bridgehead atoms. The standard InChI is InChI=1S/C20H26N4O3/c1-23-13-17(19(22-23)14-5-3-2-4-6-14)21-20(26)24-9-10-27-18-11-16(25)8-7-15(18)12-24/h7-8,11,13-14,25H,2-6,9-10,12H2,1H3,(H,21,26). The van der Waals surface area contributed by atoms with Gasteiger partial charge in [-0.2, -0.15) is 5.10 Å². The number of phenols is 1. The van der Waals surface area contributed by atoms with Crippen LogP contribution in [0.4, 0.5) is 10.5 Å². The van der Waals surface area contributed by atoms with Gasteiger partial charge >= 0.3 is 6.03 Å². The first-order chi connectivity index (χ1) is 13.1. The minimum Gasteiger partial charge on any atom is -0.508 e. The van der Waals surface area contributed by atoms with Crippen LogP contribution >= 0.6 is 0 Å². The van der Waals surface area contributed by atoms with Crippen molar-refractivity contribution in [2.24, 2.45) is 7.05 Å². The summed E-state index contributed by atoms with van der Waals surface area (Å²) in [5, 5.41) is 17.3. The SMILES string of the molecule is Cn1cc(NC(=O)N2CCOc3cc(O)ccc3C2)c(C2CCCCC2)n1. The van der Waals surface area contributed by atoms with Crippen molar-refractivity contribution >= 4 is 11.7 Å². The first-order valence-electron chi connectivity index (χ1n) is 9.64. The second-order valence-electron chi connectivity index (χ2n) is 7.43. The van der Waals surface area contributed by atoms with Gasteiger partial charge in [0.15, 0.2) is 0 Å². The van der Waals surface area contributed by atoms with E-state index in [9.17, 15) is 9.90 Å². The third-order valence-corrected chi connectivity index (χ3v) is 5.41. The second kappa shape index (κ2) is 7.50. The van der Waals surface area contributed by atoms with Crippen molar-refractivity contribution in [2.45, 2.75) is 44.6 Å². The lowest BCUT2D eigenvalue weighted by atomic mass is 9.86. The normalized spacial score (nSPS) is 17.7. The molecule has 4 rings (SSSR count). The van der Waals surface area contributed by atoms with Crippen molar-refractivity contribution in [3.63, 3.8) is 0 Å². The summed E-state index contributed by atoms with van der Waals surface area (Å²) in [6.45, 7) is 1.33. The molecule has 1 saturated carbocycles. The van der Waals surface area contributed by atoms with Crippen molar-refractivity contribution in [2.75, 3.05) is 18.5 Å². The number of hydrogen-bond acceptors (Lipinski definition) is 4. The molecule has 2 aromatic rings. The molecule has 0 atom stereocenters. The van der Waals surface area contributed by atoms with Gasteiger partial charge in [0.2, 0.25) is 0 Å². The highest BCUT2D eigenvalue weighted by atomic mass is 16.5. The van der Waals surface area contributed by atoms with Gasteiger partial charge in [0.25, 0.3) is 0 Å². The third kappa shape index (κ3) is 3.86. The monoisotopic (exact) mass is 370 g/mol. The van der Waals surface area contributed by atoms with E-state index in [2.05, 4.69) is 10.4 Å². The van der Waals surface area contributed by atoms with Crippen LogP contribution in [0, 0.1) is 0 Å². The quantitative estimate of drug-likeness (QED) is 0.846. The Balaban J connectivity index is 1.50. The zero-order valence-electron chi connectivity index (χ0n) is 15.6. The van der Waals surface area contributed by atoms with E-state index >= 15 is 0 Å². The summed E-state index contributed by atoms with van der Waals surface area (Å²) in [6.07, 6.45) is 7.89. The van der Waals surface area contributed by atoms with E-state index in [1.165, 1.54) is 19.3 Å². The van der Waals surface area contributed by atoms with E-state index in [0.29, 0.717) is 31.4 Å². The van der Waals surface area contributed by atoms with Crippen LogP contribution in [0.15, 0.2) is 24.4 Å². The van der Waals surface area contributed by atoms with Crippen molar-refractivity contribution in [1.82, 2.24) is 14.7 Å². The molecule has 2 aliphatic rings. The zero-order chi connectivity index (χ0) is 18.8. The van der Waals surface area contributed by atoms with E-state index in [4.69, 9.17) is 4.74 Å². The summed E-state index contributed by atoms with van der Waals surface area (Å²) in [5.41, 5.74) is 2.70. The van der Waals surface area contributed by atoms with E-state index in [1.807, 2.05) is 13.2 Å². The number of phenolic OH excluding ortho intramolecular Hbond substituents is 1.